The summed E-state index contributed by atoms with van der Waals surface area (Å²) in [6, 6.07) is 6.64. The van der Waals surface area contributed by atoms with Gasteiger partial charge < -0.3 is 5.32 Å². The Bertz CT molecular complexity index is 834. The van der Waals surface area contributed by atoms with E-state index in [1.54, 1.807) is 30.6 Å². The molecule has 0 saturated heterocycles. The summed E-state index contributed by atoms with van der Waals surface area (Å²) in [4.78, 5) is 28.7. The number of fused-ring (bicyclic) bond motifs is 1. The summed E-state index contributed by atoms with van der Waals surface area (Å²) in [6.45, 7) is 3.82. The van der Waals surface area contributed by atoms with Crippen LogP contribution >= 0.6 is 0 Å². The Kier molecular flexibility index (Phi) is 3.61. The zero-order chi connectivity index (χ0) is 15.5. The molecule has 2 heterocycles. The Balaban J connectivity index is 1.79. The fourth-order valence-electron chi connectivity index (χ4n) is 1.94. The second-order valence-corrected chi connectivity index (χ2v) is 4.75. The normalized spacial score (nSPS) is 10.5. The molecular formula is C15H14N6O. The van der Waals surface area contributed by atoms with Gasteiger partial charge in [0, 0.05) is 18.1 Å². The highest BCUT2D eigenvalue weighted by atomic mass is 16.2. The first kappa shape index (κ1) is 13.9. The van der Waals surface area contributed by atoms with Gasteiger partial charge >= 0.3 is 6.03 Å². The smallest absolute Gasteiger partial charge is 0.308 e. The standard InChI is InChI=1S/C15H14N6O/c1-9-10(2)19-13-8-11(4-5-12(13)18-9)20-15(22)21-14-16-6-3-7-17-14/h3-8H,1-2H3,(H2,16,17,20,21,22). The topological polar surface area (TPSA) is 92.7 Å². The number of benzene rings is 1. The molecule has 0 radical (unpaired) electrons. The van der Waals surface area contributed by atoms with Crippen molar-refractivity contribution in [3.8, 4) is 0 Å². The third-order valence-electron chi connectivity index (χ3n) is 3.12. The lowest BCUT2D eigenvalue weighted by Gasteiger charge is -2.08. The summed E-state index contributed by atoms with van der Waals surface area (Å²) < 4.78 is 0. The molecule has 0 spiro atoms. The summed E-state index contributed by atoms with van der Waals surface area (Å²) in [5.74, 6) is 0.243. The van der Waals surface area contributed by atoms with Crippen LogP contribution in [0.15, 0.2) is 36.7 Å². The lowest BCUT2D eigenvalue weighted by molar-refractivity contribution is 0.262. The first-order valence-corrected chi connectivity index (χ1v) is 6.72. The van der Waals surface area contributed by atoms with Gasteiger partial charge in [-0.05, 0) is 38.1 Å². The van der Waals surface area contributed by atoms with Crippen LogP contribution in [0.5, 0.6) is 0 Å². The van der Waals surface area contributed by atoms with E-state index in [9.17, 15) is 4.79 Å². The number of rotatable bonds is 2. The van der Waals surface area contributed by atoms with E-state index in [-0.39, 0.29) is 5.95 Å². The number of anilines is 2. The third kappa shape index (κ3) is 2.98. The van der Waals surface area contributed by atoms with Crippen LogP contribution in [0.2, 0.25) is 0 Å². The van der Waals surface area contributed by atoms with Crippen molar-refractivity contribution in [1.29, 1.82) is 0 Å². The molecule has 0 aliphatic rings. The van der Waals surface area contributed by atoms with Crippen LogP contribution in [0, 0.1) is 13.8 Å². The Labute approximate surface area is 126 Å². The van der Waals surface area contributed by atoms with Crippen molar-refractivity contribution < 1.29 is 4.79 Å². The first-order chi connectivity index (χ1) is 10.6. The number of hydrogen-bond acceptors (Lipinski definition) is 5. The van der Waals surface area contributed by atoms with Gasteiger partial charge in [0.2, 0.25) is 5.95 Å². The second-order valence-electron chi connectivity index (χ2n) is 4.75. The van der Waals surface area contributed by atoms with Gasteiger partial charge in [-0.2, -0.15) is 0 Å². The maximum Gasteiger partial charge on any atom is 0.326 e. The fourth-order valence-corrected chi connectivity index (χ4v) is 1.94. The van der Waals surface area contributed by atoms with Crippen molar-refractivity contribution in [1.82, 2.24) is 19.9 Å². The molecule has 7 heteroatoms. The number of amides is 2. The van der Waals surface area contributed by atoms with Crippen LogP contribution in [0.4, 0.5) is 16.4 Å². The van der Waals surface area contributed by atoms with Crippen LogP contribution in [0.3, 0.4) is 0 Å². The Morgan fingerprint density at radius 1 is 0.955 bits per heavy atom. The number of nitrogens with one attached hydrogen (secondary N) is 2. The molecule has 1 aromatic carbocycles. The van der Waals surface area contributed by atoms with Crippen LogP contribution in [0.1, 0.15) is 11.4 Å². The Morgan fingerprint density at radius 3 is 2.36 bits per heavy atom. The lowest BCUT2D eigenvalue weighted by atomic mass is 10.2. The van der Waals surface area contributed by atoms with Gasteiger partial charge in [-0.15, -0.1) is 0 Å². The van der Waals surface area contributed by atoms with Gasteiger partial charge in [0.1, 0.15) is 0 Å². The average Bonchev–Trinajstić information content (AvgIpc) is 2.49. The van der Waals surface area contributed by atoms with Crippen LogP contribution in [-0.2, 0) is 0 Å². The third-order valence-corrected chi connectivity index (χ3v) is 3.12. The minimum absolute atomic E-state index is 0.243. The summed E-state index contributed by atoms with van der Waals surface area (Å²) in [5.41, 5.74) is 3.91. The van der Waals surface area contributed by atoms with E-state index in [0.29, 0.717) is 5.69 Å². The largest absolute Gasteiger partial charge is 0.326 e. The number of carbonyl (C=O) groups excluding carboxylic acids is 1. The molecule has 110 valence electrons. The average molecular weight is 294 g/mol. The molecule has 0 aliphatic carbocycles. The molecule has 2 N–H and O–H groups in total. The molecule has 2 aromatic heterocycles. The molecule has 0 aliphatic heterocycles. The second kappa shape index (κ2) is 5.72. The van der Waals surface area contributed by atoms with Crippen molar-refractivity contribution in [2.45, 2.75) is 13.8 Å². The van der Waals surface area contributed by atoms with Crippen LogP contribution in [0.25, 0.3) is 11.0 Å². The minimum Gasteiger partial charge on any atom is -0.308 e. The Hall–Kier alpha value is -3.09. The van der Waals surface area contributed by atoms with Gasteiger partial charge in [0.15, 0.2) is 0 Å². The summed E-state index contributed by atoms with van der Waals surface area (Å²) >= 11 is 0. The molecule has 0 atom stereocenters. The van der Waals surface area contributed by atoms with Gasteiger partial charge in [0.05, 0.1) is 22.4 Å². The molecule has 0 saturated carbocycles. The van der Waals surface area contributed by atoms with E-state index >= 15 is 0 Å². The molecule has 2 amide bonds. The van der Waals surface area contributed by atoms with Crippen molar-refractivity contribution in [2.75, 3.05) is 10.6 Å². The highest BCUT2D eigenvalue weighted by Crippen LogP contribution is 2.17. The molecule has 0 bridgehead atoms. The van der Waals surface area contributed by atoms with Gasteiger partial charge in [-0.1, -0.05) is 0 Å². The fraction of sp³-hybridized carbons (Fsp3) is 0.133. The monoisotopic (exact) mass is 294 g/mol. The zero-order valence-electron chi connectivity index (χ0n) is 12.2. The predicted octanol–water partition coefficient (Wildman–Crippen LogP) is 2.68. The minimum atomic E-state index is -0.414. The summed E-state index contributed by atoms with van der Waals surface area (Å²) in [5, 5.41) is 5.27. The van der Waals surface area contributed by atoms with Gasteiger partial charge in [-0.3, -0.25) is 5.32 Å². The molecule has 7 nitrogen and oxygen atoms in total. The van der Waals surface area contributed by atoms with E-state index in [1.165, 1.54) is 0 Å². The Morgan fingerprint density at radius 2 is 1.64 bits per heavy atom. The van der Waals surface area contributed by atoms with Gasteiger partial charge in [-0.25, -0.2) is 24.7 Å². The van der Waals surface area contributed by atoms with Crippen molar-refractivity contribution in [3.63, 3.8) is 0 Å². The number of carbonyl (C=O) groups is 1. The summed E-state index contributed by atoms with van der Waals surface area (Å²) in [7, 11) is 0. The lowest BCUT2D eigenvalue weighted by Crippen LogP contribution is -2.20. The highest BCUT2D eigenvalue weighted by molar-refractivity contribution is 5.99. The van der Waals surface area contributed by atoms with Crippen molar-refractivity contribution in [3.05, 3.63) is 48.0 Å². The number of urea groups is 1. The van der Waals surface area contributed by atoms with Crippen molar-refractivity contribution in [2.24, 2.45) is 0 Å². The maximum atomic E-state index is 11.9. The van der Waals surface area contributed by atoms with Crippen LogP contribution in [-0.4, -0.2) is 26.0 Å². The van der Waals surface area contributed by atoms with Crippen molar-refractivity contribution >= 4 is 28.7 Å². The van der Waals surface area contributed by atoms with Crippen LogP contribution < -0.4 is 10.6 Å². The first-order valence-electron chi connectivity index (χ1n) is 6.72. The molecule has 0 fully saturated rings. The van der Waals surface area contributed by atoms with Gasteiger partial charge in [0.25, 0.3) is 0 Å². The number of aromatic nitrogens is 4. The predicted molar refractivity (Wildman–Crippen MR) is 83.7 cm³/mol. The number of aryl methyl sites for hydroxylation is 2. The van der Waals surface area contributed by atoms with E-state index in [0.717, 1.165) is 22.4 Å². The van der Waals surface area contributed by atoms with E-state index < -0.39 is 6.03 Å². The molecule has 0 unspecified atom stereocenters. The molecule has 22 heavy (non-hydrogen) atoms. The quantitative estimate of drug-likeness (QED) is 0.758. The zero-order valence-corrected chi connectivity index (χ0v) is 12.2. The maximum absolute atomic E-state index is 11.9. The number of nitrogens with zero attached hydrogens (tertiary/aromatic N) is 4. The molecule has 3 aromatic rings. The summed E-state index contributed by atoms with van der Waals surface area (Å²) in [6.07, 6.45) is 3.11. The van der Waals surface area contributed by atoms with E-state index in [4.69, 9.17) is 0 Å². The molecule has 3 rings (SSSR count). The number of hydrogen-bond donors (Lipinski definition) is 2. The van der Waals surface area contributed by atoms with E-state index in [2.05, 4.69) is 30.6 Å². The SMILES string of the molecule is Cc1nc2ccc(NC(=O)Nc3ncccn3)cc2nc1C. The highest BCUT2D eigenvalue weighted by Gasteiger charge is 2.06. The molecular weight excluding hydrogens is 280 g/mol. The van der Waals surface area contributed by atoms with E-state index in [1.807, 2.05) is 19.9 Å².